The monoisotopic (exact) mass is 767 g/mol. The highest BCUT2D eigenvalue weighted by Gasteiger charge is 2.55. The van der Waals surface area contributed by atoms with Crippen LogP contribution in [0.1, 0.15) is 98.2 Å². The minimum atomic E-state index is -0.300. The maximum Gasteiger partial charge on any atom is 0.160 e. The van der Waals surface area contributed by atoms with Crippen LogP contribution in [0.15, 0.2) is 177 Å². The second-order valence-corrected chi connectivity index (χ2v) is 17.6. The van der Waals surface area contributed by atoms with Crippen molar-refractivity contribution in [2.75, 3.05) is 0 Å². The van der Waals surface area contributed by atoms with Gasteiger partial charge >= 0.3 is 0 Å². The predicted octanol–water partition coefficient (Wildman–Crippen LogP) is 13.7. The molecule has 58 heavy (non-hydrogen) atoms. The summed E-state index contributed by atoms with van der Waals surface area (Å²) in [5.74, 6) is 1.37. The van der Waals surface area contributed by atoms with Gasteiger partial charge in [-0.2, -0.15) is 5.26 Å². The van der Waals surface area contributed by atoms with E-state index in [2.05, 4.69) is 151 Å². The second-order valence-electron chi connectivity index (χ2n) is 16.5. The van der Waals surface area contributed by atoms with Crippen LogP contribution >= 0.6 is 11.8 Å². The number of hydrogen-bond acceptors (Lipinski definition) is 4. The molecular formula is C54H45N3S. The summed E-state index contributed by atoms with van der Waals surface area (Å²) in [6.45, 7) is 0. The fraction of sp³-hybridized carbons (Fsp3) is 0.241. The molecule has 2 aromatic carbocycles. The van der Waals surface area contributed by atoms with Gasteiger partial charge in [-0.1, -0.05) is 139 Å². The van der Waals surface area contributed by atoms with Crippen molar-refractivity contribution in [3.63, 3.8) is 0 Å². The fourth-order valence-corrected chi connectivity index (χ4v) is 12.2. The molecule has 3 unspecified atom stereocenters. The molecule has 3 atom stereocenters. The third kappa shape index (κ3) is 5.70. The van der Waals surface area contributed by atoms with Crippen LogP contribution in [-0.4, -0.2) is 9.97 Å². The first-order valence-electron chi connectivity index (χ1n) is 21.3. The highest BCUT2D eigenvalue weighted by molar-refractivity contribution is 8.07. The van der Waals surface area contributed by atoms with Crippen LogP contribution in [0, 0.1) is 17.2 Å². The lowest BCUT2D eigenvalue weighted by atomic mass is 9.61. The van der Waals surface area contributed by atoms with E-state index < -0.39 is 0 Å². The Kier molecular flexibility index (Phi) is 8.89. The normalized spacial score (nSPS) is 25.4. The van der Waals surface area contributed by atoms with Crippen LogP contribution in [0.25, 0.3) is 28.1 Å². The van der Waals surface area contributed by atoms with Crippen LogP contribution in [0.3, 0.4) is 0 Å². The molecule has 0 N–H and O–H groups in total. The smallest absolute Gasteiger partial charge is 0.160 e. The molecule has 3 nitrogen and oxygen atoms in total. The third-order valence-electron chi connectivity index (χ3n) is 13.3. The molecule has 7 aliphatic carbocycles. The van der Waals surface area contributed by atoms with E-state index in [9.17, 15) is 5.26 Å². The van der Waals surface area contributed by atoms with E-state index in [1.54, 1.807) is 11.1 Å². The van der Waals surface area contributed by atoms with E-state index in [0.717, 1.165) is 92.6 Å². The molecule has 4 heteroatoms. The molecule has 282 valence electrons. The number of nitriles is 1. The number of rotatable bonds is 5. The molecule has 1 aromatic heterocycles. The van der Waals surface area contributed by atoms with Crippen LogP contribution in [0.5, 0.6) is 0 Å². The summed E-state index contributed by atoms with van der Waals surface area (Å²) in [7, 11) is 0. The van der Waals surface area contributed by atoms with Crippen LogP contribution in [0.2, 0.25) is 0 Å². The summed E-state index contributed by atoms with van der Waals surface area (Å²) in [5.41, 5.74) is 17.8. The molecule has 1 aliphatic heterocycles. The SMILES string of the molecule is N#CC1=CCC(C2=C3SC4=C(C=CCC4)C4(C3=CCC2)C2=C(C(c3ccc(-c5nc(C6=CCCC=C6)cc(C6C=CC=CC6)n5)cc3)=CCC2)c2ccccc24)C=C1. The quantitative estimate of drug-likeness (QED) is 0.259. The highest BCUT2D eigenvalue weighted by atomic mass is 32.2. The molecule has 8 aliphatic rings. The zero-order valence-electron chi connectivity index (χ0n) is 32.8. The highest BCUT2D eigenvalue weighted by Crippen LogP contribution is 2.68. The summed E-state index contributed by atoms with van der Waals surface area (Å²) < 4.78 is 0. The standard InChI is InChI=1S/C54H45N3S/c55-34-35-25-27-37(28-26-35)42-19-12-23-47-52(42)58-50-24-10-9-21-45(50)54(47)44-20-8-7-17-43(44)51-41(18-11-22-46(51)54)36-29-31-40(32-30-36)53-56-48(38-13-3-1-4-14-38)33-49(57-53)39-15-5-2-6-16-39/h1,3-5,7-9,13,15-18,20-21,23,25-27,29-33,37-38H,2,6,10-12,14,19,22,24,28H2. The number of thioether (sulfide) groups is 1. The molecule has 0 amide bonds. The summed E-state index contributed by atoms with van der Waals surface area (Å²) in [4.78, 5) is 13.4. The van der Waals surface area contributed by atoms with Crippen LogP contribution in [-0.2, 0) is 5.41 Å². The van der Waals surface area contributed by atoms with Gasteiger partial charge in [0, 0.05) is 27.9 Å². The average Bonchev–Trinajstić information content (AvgIpc) is 3.60. The average molecular weight is 768 g/mol. The summed E-state index contributed by atoms with van der Waals surface area (Å²) in [6, 6.07) is 23.0. The Morgan fingerprint density at radius 2 is 1.60 bits per heavy atom. The summed E-state index contributed by atoms with van der Waals surface area (Å²) in [5, 5.41) is 9.60. The number of hydrogen-bond donors (Lipinski definition) is 0. The van der Waals surface area contributed by atoms with Gasteiger partial charge in [0.25, 0.3) is 0 Å². The first kappa shape index (κ1) is 35.4. The van der Waals surface area contributed by atoms with Crippen molar-refractivity contribution in [1.29, 1.82) is 5.26 Å². The molecule has 0 fully saturated rings. The topological polar surface area (TPSA) is 49.6 Å². The van der Waals surface area contributed by atoms with Gasteiger partial charge in [-0.25, -0.2) is 9.97 Å². The lowest BCUT2D eigenvalue weighted by molar-refractivity contribution is 0.644. The van der Waals surface area contributed by atoms with Gasteiger partial charge in [0.05, 0.1) is 22.9 Å². The number of aromatic nitrogens is 2. The maximum absolute atomic E-state index is 9.60. The number of benzene rings is 2. The predicted molar refractivity (Wildman–Crippen MR) is 240 cm³/mol. The lowest BCUT2D eigenvalue weighted by Crippen LogP contribution is -2.37. The van der Waals surface area contributed by atoms with Gasteiger partial charge in [-0.15, -0.1) is 0 Å². The Balaban J connectivity index is 1.03. The molecule has 0 radical (unpaired) electrons. The Bertz CT molecular complexity index is 2710. The largest absolute Gasteiger partial charge is 0.232 e. The van der Waals surface area contributed by atoms with Crippen LogP contribution in [0.4, 0.5) is 0 Å². The van der Waals surface area contributed by atoms with Crippen LogP contribution < -0.4 is 0 Å². The van der Waals surface area contributed by atoms with Crippen molar-refractivity contribution in [3.8, 4) is 17.5 Å². The molecule has 3 aromatic rings. The first-order valence-corrected chi connectivity index (χ1v) is 22.1. The Morgan fingerprint density at radius 1 is 0.724 bits per heavy atom. The fourth-order valence-electron chi connectivity index (χ4n) is 10.7. The Hall–Kier alpha value is -5.76. The number of allylic oxidation sites excluding steroid dienone is 23. The first-order chi connectivity index (χ1) is 28.7. The molecular weight excluding hydrogens is 723 g/mol. The van der Waals surface area contributed by atoms with Gasteiger partial charge in [-0.3, -0.25) is 0 Å². The number of fused-ring (bicyclic) bond motifs is 7. The molecule has 0 saturated carbocycles. The van der Waals surface area contributed by atoms with E-state index in [-0.39, 0.29) is 11.3 Å². The van der Waals surface area contributed by atoms with Gasteiger partial charge in [-0.05, 0) is 137 Å². The van der Waals surface area contributed by atoms with Gasteiger partial charge in [0.15, 0.2) is 5.82 Å². The van der Waals surface area contributed by atoms with E-state index >= 15 is 0 Å². The van der Waals surface area contributed by atoms with Crippen molar-refractivity contribution in [2.45, 2.75) is 75.5 Å². The molecule has 2 heterocycles. The third-order valence-corrected chi connectivity index (χ3v) is 14.7. The number of nitrogens with zero attached hydrogens (tertiary/aromatic N) is 3. The minimum Gasteiger partial charge on any atom is -0.232 e. The van der Waals surface area contributed by atoms with Crippen molar-refractivity contribution in [3.05, 3.63) is 205 Å². The molecule has 0 bridgehead atoms. The Morgan fingerprint density at radius 3 is 2.43 bits per heavy atom. The minimum absolute atomic E-state index is 0.247. The zero-order valence-corrected chi connectivity index (χ0v) is 33.6. The van der Waals surface area contributed by atoms with Crippen molar-refractivity contribution < 1.29 is 0 Å². The van der Waals surface area contributed by atoms with E-state index in [0.29, 0.717) is 5.92 Å². The molecule has 0 saturated heterocycles. The lowest BCUT2D eigenvalue weighted by Gasteiger charge is -2.47. The maximum atomic E-state index is 9.60. The van der Waals surface area contributed by atoms with Gasteiger partial charge in [0.1, 0.15) is 0 Å². The molecule has 11 rings (SSSR count). The second kappa shape index (κ2) is 14.6. The van der Waals surface area contributed by atoms with E-state index in [1.165, 1.54) is 54.4 Å². The Labute approximate surface area is 346 Å². The van der Waals surface area contributed by atoms with Gasteiger partial charge in [0.2, 0.25) is 0 Å². The van der Waals surface area contributed by atoms with E-state index in [1.807, 2.05) is 6.08 Å². The van der Waals surface area contributed by atoms with E-state index in [4.69, 9.17) is 9.97 Å². The zero-order chi connectivity index (χ0) is 38.6. The molecule has 1 spiro atoms. The summed E-state index contributed by atoms with van der Waals surface area (Å²) >= 11 is 2.06. The van der Waals surface area contributed by atoms with Crippen molar-refractivity contribution in [2.24, 2.45) is 5.92 Å². The van der Waals surface area contributed by atoms with Crippen molar-refractivity contribution in [1.82, 2.24) is 9.97 Å². The van der Waals surface area contributed by atoms with Gasteiger partial charge < -0.3 is 0 Å². The summed E-state index contributed by atoms with van der Waals surface area (Å²) in [6.07, 6.45) is 42.4. The van der Waals surface area contributed by atoms with Crippen molar-refractivity contribution >= 4 is 28.5 Å².